The van der Waals surface area contributed by atoms with Gasteiger partial charge in [-0.25, -0.2) is 4.39 Å². The third kappa shape index (κ3) is 6.28. The first kappa shape index (κ1) is 10.9. The highest BCUT2D eigenvalue weighted by molar-refractivity contribution is 9.09. The Bertz CT molecular complexity index is 119. The molecule has 0 aromatic carbocycles. The number of methoxy groups -OCH3 is 1. The van der Waals surface area contributed by atoms with Crippen molar-refractivity contribution in [3.8, 4) is 0 Å². The van der Waals surface area contributed by atoms with E-state index in [9.17, 15) is 9.18 Å². The van der Waals surface area contributed by atoms with Crippen LogP contribution in [0.2, 0.25) is 0 Å². The van der Waals surface area contributed by atoms with Crippen LogP contribution >= 0.6 is 15.9 Å². The number of rotatable bonds is 5. The van der Waals surface area contributed by atoms with Crippen molar-refractivity contribution in [2.45, 2.75) is 25.4 Å². The van der Waals surface area contributed by atoms with Crippen LogP contribution in [0.1, 0.15) is 19.3 Å². The molecule has 0 heterocycles. The number of carbonyl (C=O) groups is 1. The third-order valence-electron chi connectivity index (χ3n) is 1.27. The quantitative estimate of drug-likeness (QED) is 0.530. The van der Waals surface area contributed by atoms with E-state index in [0.717, 1.165) is 11.8 Å². The molecule has 0 spiro atoms. The van der Waals surface area contributed by atoms with Crippen molar-refractivity contribution in [2.75, 3.05) is 12.4 Å². The number of hydrogen-bond donors (Lipinski definition) is 0. The van der Waals surface area contributed by atoms with Gasteiger partial charge >= 0.3 is 5.97 Å². The van der Waals surface area contributed by atoms with Crippen LogP contribution in [-0.4, -0.2) is 24.6 Å². The van der Waals surface area contributed by atoms with E-state index in [2.05, 4.69) is 20.7 Å². The van der Waals surface area contributed by atoms with E-state index < -0.39 is 12.1 Å². The smallest absolute Gasteiger partial charge is 0.308 e. The Morgan fingerprint density at radius 2 is 2.36 bits per heavy atom. The molecule has 4 heteroatoms. The maximum absolute atomic E-state index is 12.7. The molecule has 0 saturated carbocycles. The van der Waals surface area contributed by atoms with Gasteiger partial charge in [0.05, 0.1) is 13.5 Å². The Hall–Kier alpha value is -0.120. The molecule has 0 fully saturated rings. The molecule has 0 aliphatic heterocycles. The van der Waals surface area contributed by atoms with E-state index in [1.54, 1.807) is 0 Å². The van der Waals surface area contributed by atoms with Crippen molar-refractivity contribution < 1.29 is 13.9 Å². The highest BCUT2D eigenvalue weighted by atomic mass is 79.9. The minimum atomic E-state index is -1.06. The van der Waals surface area contributed by atoms with Crippen molar-refractivity contribution in [1.82, 2.24) is 0 Å². The van der Waals surface area contributed by atoms with Gasteiger partial charge in [-0.05, 0) is 12.8 Å². The SMILES string of the molecule is COC(=O)CC(F)CCCBr. The Balaban J connectivity index is 3.35. The van der Waals surface area contributed by atoms with Crippen LogP contribution in [-0.2, 0) is 9.53 Å². The van der Waals surface area contributed by atoms with E-state index in [1.807, 2.05) is 0 Å². The molecule has 1 atom stereocenters. The van der Waals surface area contributed by atoms with E-state index in [4.69, 9.17) is 0 Å². The van der Waals surface area contributed by atoms with E-state index in [-0.39, 0.29) is 6.42 Å². The highest BCUT2D eigenvalue weighted by Gasteiger charge is 2.11. The lowest BCUT2D eigenvalue weighted by Crippen LogP contribution is -2.10. The highest BCUT2D eigenvalue weighted by Crippen LogP contribution is 2.08. The summed E-state index contributed by atoms with van der Waals surface area (Å²) in [4.78, 5) is 10.5. The maximum atomic E-state index is 12.7. The summed E-state index contributed by atoms with van der Waals surface area (Å²) in [5.41, 5.74) is 0. The van der Waals surface area contributed by atoms with Crippen molar-refractivity contribution >= 4 is 21.9 Å². The molecule has 0 bridgehead atoms. The van der Waals surface area contributed by atoms with Gasteiger partial charge in [0.15, 0.2) is 0 Å². The van der Waals surface area contributed by atoms with Crippen LogP contribution in [0.4, 0.5) is 4.39 Å². The zero-order chi connectivity index (χ0) is 8.69. The molecule has 0 N–H and O–H groups in total. The van der Waals surface area contributed by atoms with Crippen LogP contribution in [0.15, 0.2) is 0 Å². The predicted molar refractivity (Wildman–Crippen MR) is 44.6 cm³/mol. The molecular weight excluding hydrogens is 215 g/mol. The number of ether oxygens (including phenoxy) is 1. The summed E-state index contributed by atoms with van der Waals surface area (Å²) in [6.45, 7) is 0. The normalized spacial score (nSPS) is 12.6. The molecule has 11 heavy (non-hydrogen) atoms. The zero-order valence-corrected chi connectivity index (χ0v) is 8.06. The average Bonchev–Trinajstić information content (AvgIpc) is 2.00. The molecule has 1 unspecified atom stereocenters. The molecule has 0 aromatic heterocycles. The Kier molecular flexibility index (Phi) is 6.51. The molecule has 0 aliphatic rings. The molecule has 66 valence electrons. The maximum Gasteiger partial charge on any atom is 0.308 e. The summed E-state index contributed by atoms with van der Waals surface area (Å²) in [6.07, 6.45) is -0.0119. The van der Waals surface area contributed by atoms with Gasteiger partial charge in [-0.3, -0.25) is 4.79 Å². The second kappa shape index (κ2) is 6.58. The summed E-state index contributed by atoms with van der Waals surface area (Å²) in [5.74, 6) is -0.480. The molecule has 0 aliphatic carbocycles. The summed E-state index contributed by atoms with van der Waals surface area (Å²) >= 11 is 3.18. The van der Waals surface area contributed by atoms with Gasteiger partial charge in [0.25, 0.3) is 0 Å². The summed E-state index contributed by atoms with van der Waals surface area (Å²) in [6, 6.07) is 0. The first-order valence-corrected chi connectivity index (χ1v) is 4.59. The van der Waals surface area contributed by atoms with E-state index in [1.165, 1.54) is 7.11 Å². The average molecular weight is 227 g/mol. The number of esters is 1. The van der Waals surface area contributed by atoms with Crippen LogP contribution < -0.4 is 0 Å². The first-order chi connectivity index (χ1) is 5.20. The summed E-state index contributed by atoms with van der Waals surface area (Å²) in [5, 5.41) is 0.772. The zero-order valence-electron chi connectivity index (χ0n) is 6.48. The predicted octanol–water partition coefficient (Wildman–Crippen LogP) is 2.06. The van der Waals surface area contributed by atoms with Gasteiger partial charge in [0.1, 0.15) is 6.17 Å². The van der Waals surface area contributed by atoms with Crippen molar-refractivity contribution in [1.29, 1.82) is 0 Å². The van der Waals surface area contributed by atoms with Gasteiger partial charge < -0.3 is 4.74 Å². The number of halogens is 2. The molecule has 2 nitrogen and oxygen atoms in total. The number of carbonyl (C=O) groups excluding carboxylic acids is 1. The van der Waals surface area contributed by atoms with Crippen LogP contribution in [0.25, 0.3) is 0 Å². The Morgan fingerprint density at radius 3 is 2.82 bits per heavy atom. The number of hydrogen-bond acceptors (Lipinski definition) is 2. The second-order valence-corrected chi connectivity index (χ2v) is 3.00. The first-order valence-electron chi connectivity index (χ1n) is 3.47. The summed E-state index contributed by atoms with van der Waals surface area (Å²) < 4.78 is 17.0. The standard InChI is InChI=1S/C7H12BrFO2/c1-11-7(10)5-6(9)3-2-4-8/h6H,2-5H2,1H3. The fourth-order valence-corrected chi connectivity index (χ4v) is 0.989. The lowest BCUT2D eigenvalue weighted by atomic mass is 10.2. The van der Waals surface area contributed by atoms with Gasteiger partial charge in [-0.15, -0.1) is 0 Å². The van der Waals surface area contributed by atoms with Crippen LogP contribution in [0.5, 0.6) is 0 Å². The number of alkyl halides is 2. The fourth-order valence-electron chi connectivity index (χ4n) is 0.665. The monoisotopic (exact) mass is 226 g/mol. The van der Waals surface area contributed by atoms with Gasteiger partial charge in [0, 0.05) is 5.33 Å². The second-order valence-electron chi connectivity index (χ2n) is 2.21. The molecule has 0 aromatic rings. The topological polar surface area (TPSA) is 26.3 Å². The molecule has 0 radical (unpaired) electrons. The van der Waals surface area contributed by atoms with Gasteiger partial charge in [0.2, 0.25) is 0 Å². The minimum absolute atomic E-state index is 0.122. The van der Waals surface area contributed by atoms with Crippen molar-refractivity contribution in [3.63, 3.8) is 0 Å². The third-order valence-corrected chi connectivity index (χ3v) is 1.83. The Labute approximate surface area is 74.2 Å². The van der Waals surface area contributed by atoms with Gasteiger partial charge in [-0.1, -0.05) is 15.9 Å². The van der Waals surface area contributed by atoms with Crippen LogP contribution in [0.3, 0.4) is 0 Å². The molecule has 0 saturated heterocycles. The minimum Gasteiger partial charge on any atom is -0.469 e. The van der Waals surface area contributed by atoms with Crippen molar-refractivity contribution in [3.05, 3.63) is 0 Å². The largest absolute Gasteiger partial charge is 0.469 e. The lowest BCUT2D eigenvalue weighted by molar-refractivity contribution is -0.141. The molecular formula is C7H12BrFO2. The van der Waals surface area contributed by atoms with E-state index in [0.29, 0.717) is 6.42 Å². The molecule has 0 amide bonds. The van der Waals surface area contributed by atoms with Crippen molar-refractivity contribution in [2.24, 2.45) is 0 Å². The lowest BCUT2D eigenvalue weighted by Gasteiger charge is -2.04. The van der Waals surface area contributed by atoms with Crippen LogP contribution in [0, 0.1) is 0 Å². The fraction of sp³-hybridized carbons (Fsp3) is 0.857. The molecule has 0 rings (SSSR count). The van der Waals surface area contributed by atoms with E-state index >= 15 is 0 Å². The van der Waals surface area contributed by atoms with Gasteiger partial charge in [-0.2, -0.15) is 0 Å². The summed E-state index contributed by atoms with van der Waals surface area (Å²) in [7, 11) is 1.26. The Morgan fingerprint density at radius 1 is 1.73 bits per heavy atom.